The first kappa shape index (κ1) is 12.0. The third-order valence-electron chi connectivity index (χ3n) is 3.14. The van der Waals surface area contributed by atoms with E-state index in [1.54, 1.807) is 0 Å². The van der Waals surface area contributed by atoms with Crippen molar-refractivity contribution in [2.45, 2.75) is 40.5 Å². The summed E-state index contributed by atoms with van der Waals surface area (Å²) in [5.41, 5.74) is 1.81. The van der Waals surface area contributed by atoms with Crippen LogP contribution in [0.15, 0.2) is 24.3 Å². The van der Waals surface area contributed by atoms with E-state index in [2.05, 4.69) is 13.8 Å². The molecule has 0 heterocycles. The number of ketones is 1. The van der Waals surface area contributed by atoms with Crippen LogP contribution in [0.2, 0.25) is 0 Å². The van der Waals surface area contributed by atoms with Crippen molar-refractivity contribution in [2.24, 2.45) is 5.41 Å². The van der Waals surface area contributed by atoms with Gasteiger partial charge in [0.25, 0.3) is 0 Å². The second-order valence-corrected chi connectivity index (χ2v) is 4.58. The maximum atomic E-state index is 12.3. The van der Waals surface area contributed by atoms with Gasteiger partial charge in [-0.1, -0.05) is 52.0 Å². The predicted octanol–water partition coefficient (Wildman–Crippen LogP) is 3.87. The first-order valence-electron chi connectivity index (χ1n) is 5.65. The van der Waals surface area contributed by atoms with Crippen molar-refractivity contribution in [3.05, 3.63) is 35.4 Å². The molecule has 1 nitrogen and oxygen atoms in total. The third-order valence-corrected chi connectivity index (χ3v) is 3.14. The van der Waals surface area contributed by atoms with E-state index in [0.29, 0.717) is 0 Å². The number of rotatable bonds is 4. The van der Waals surface area contributed by atoms with E-state index < -0.39 is 0 Å². The normalized spacial score (nSPS) is 11.5. The van der Waals surface area contributed by atoms with Gasteiger partial charge in [-0.15, -0.1) is 0 Å². The molecule has 1 aromatic carbocycles. The fraction of sp³-hybridized carbons (Fsp3) is 0.500. The molecule has 0 radical (unpaired) electrons. The molecule has 0 aliphatic carbocycles. The Labute approximate surface area is 92.5 Å². The third kappa shape index (κ3) is 2.47. The van der Waals surface area contributed by atoms with Crippen LogP contribution in [-0.4, -0.2) is 5.78 Å². The number of benzene rings is 1. The van der Waals surface area contributed by atoms with Crippen LogP contribution in [-0.2, 0) is 6.42 Å². The van der Waals surface area contributed by atoms with Crippen molar-refractivity contribution < 1.29 is 4.79 Å². The zero-order chi connectivity index (χ0) is 11.5. The number of hydrogen-bond acceptors (Lipinski definition) is 1. The van der Waals surface area contributed by atoms with Gasteiger partial charge in [-0.05, 0) is 18.4 Å². The molecule has 0 aliphatic rings. The van der Waals surface area contributed by atoms with Gasteiger partial charge in [-0.3, -0.25) is 4.79 Å². The predicted molar refractivity (Wildman–Crippen MR) is 64.2 cm³/mol. The van der Waals surface area contributed by atoms with Crippen molar-refractivity contribution in [3.63, 3.8) is 0 Å². The Bertz CT molecular complexity index is 350. The number of Topliss-reactive ketones (excluding diaryl/α,β-unsaturated/α-hetero) is 1. The second kappa shape index (κ2) is 4.61. The van der Waals surface area contributed by atoms with Crippen LogP contribution in [0.4, 0.5) is 0 Å². The summed E-state index contributed by atoms with van der Waals surface area (Å²) in [7, 11) is 0. The minimum atomic E-state index is -0.245. The van der Waals surface area contributed by atoms with E-state index in [4.69, 9.17) is 0 Å². The molecule has 0 atom stereocenters. The van der Waals surface area contributed by atoms with Crippen molar-refractivity contribution >= 4 is 5.78 Å². The molecule has 0 saturated carbocycles. The molecule has 0 unspecified atom stereocenters. The standard InChI is InChI=1S/C14H20O/c1-5-11-9-7-8-10-12(11)13(15)14(3,4)6-2/h7-10H,5-6H2,1-4H3. The minimum absolute atomic E-state index is 0.245. The maximum Gasteiger partial charge on any atom is 0.168 e. The molecule has 15 heavy (non-hydrogen) atoms. The van der Waals surface area contributed by atoms with E-state index in [1.165, 1.54) is 0 Å². The van der Waals surface area contributed by atoms with Crippen LogP contribution in [0, 0.1) is 5.41 Å². The summed E-state index contributed by atoms with van der Waals surface area (Å²) in [5, 5.41) is 0. The van der Waals surface area contributed by atoms with Gasteiger partial charge in [-0.2, -0.15) is 0 Å². The van der Waals surface area contributed by atoms with Gasteiger partial charge in [0, 0.05) is 11.0 Å². The van der Waals surface area contributed by atoms with Crippen LogP contribution >= 0.6 is 0 Å². The first-order valence-corrected chi connectivity index (χ1v) is 5.65. The molecule has 0 aromatic heterocycles. The van der Waals surface area contributed by atoms with Crippen molar-refractivity contribution in [1.82, 2.24) is 0 Å². The molecule has 0 saturated heterocycles. The topological polar surface area (TPSA) is 17.1 Å². The Kier molecular flexibility index (Phi) is 3.67. The summed E-state index contributed by atoms with van der Waals surface area (Å²) in [6, 6.07) is 7.92. The molecular weight excluding hydrogens is 184 g/mol. The number of carbonyl (C=O) groups excluding carboxylic acids is 1. The zero-order valence-corrected chi connectivity index (χ0v) is 10.1. The largest absolute Gasteiger partial charge is 0.294 e. The highest BCUT2D eigenvalue weighted by molar-refractivity contribution is 6.01. The molecule has 0 aliphatic heterocycles. The monoisotopic (exact) mass is 204 g/mol. The maximum absolute atomic E-state index is 12.3. The molecule has 1 heteroatoms. The fourth-order valence-electron chi connectivity index (χ4n) is 1.58. The lowest BCUT2D eigenvalue weighted by molar-refractivity contribution is 0.0832. The summed E-state index contributed by atoms with van der Waals surface area (Å²) in [6.45, 7) is 8.18. The molecule has 0 bridgehead atoms. The van der Waals surface area contributed by atoms with Crippen molar-refractivity contribution in [1.29, 1.82) is 0 Å². The molecule has 1 aromatic rings. The van der Waals surface area contributed by atoms with Crippen LogP contribution in [0.25, 0.3) is 0 Å². The molecular formula is C14H20O. The summed E-state index contributed by atoms with van der Waals surface area (Å²) < 4.78 is 0. The summed E-state index contributed by atoms with van der Waals surface area (Å²) in [5.74, 6) is 0.266. The molecule has 0 fully saturated rings. The molecule has 0 N–H and O–H groups in total. The van der Waals surface area contributed by atoms with Crippen LogP contribution in [0.5, 0.6) is 0 Å². The van der Waals surface area contributed by atoms with Crippen molar-refractivity contribution in [3.8, 4) is 0 Å². The highest BCUT2D eigenvalue weighted by Gasteiger charge is 2.27. The Balaban J connectivity index is 3.11. The lowest BCUT2D eigenvalue weighted by Crippen LogP contribution is -2.24. The SMILES string of the molecule is CCc1ccccc1C(=O)C(C)(C)CC. The number of carbonyl (C=O) groups is 1. The smallest absolute Gasteiger partial charge is 0.168 e. The van der Waals surface area contributed by atoms with E-state index in [-0.39, 0.29) is 11.2 Å². The van der Waals surface area contributed by atoms with Crippen LogP contribution in [0.1, 0.15) is 50.0 Å². The van der Waals surface area contributed by atoms with Gasteiger partial charge in [0.2, 0.25) is 0 Å². The molecule has 0 amide bonds. The van der Waals surface area contributed by atoms with Gasteiger partial charge in [0.1, 0.15) is 0 Å². The lowest BCUT2D eigenvalue weighted by Gasteiger charge is -2.22. The molecule has 82 valence electrons. The second-order valence-electron chi connectivity index (χ2n) is 4.58. The fourth-order valence-corrected chi connectivity index (χ4v) is 1.58. The number of hydrogen-bond donors (Lipinski definition) is 0. The Hall–Kier alpha value is -1.11. The average molecular weight is 204 g/mol. The van der Waals surface area contributed by atoms with E-state index >= 15 is 0 Å². The Morgan fingerprint density at radius 1 is 1.20 bits per heavy atom. The summed E-state index contributed by atoms with van der Waals surface area (Å²) >= 11 is 0. The highest BCUT2D eigenvalue weighted by Crippen LogP contribution is 2.27. The van der Waals surface area contributed by atoms with Gasteiger partial charge in [0.15, 0.2) is 5.78 Å². The van der Waals surface area contributed by atoms with E-state index in [1.807, 2.05) is 38.1 Å². The lowest BCUT2D eigenvalue weighted by atomic mass is 9.80. The molecule has 1 rings (SSSR count). The van der Waals surface area contributed by atoms with Gasteiger partial charge in [0.05, 0.1) is 0 Å². The zero-order valence-electron chi connectivity index (χ0n) is 10.1. The number of aryl methyl sites for hydroxylation is 1. The summed E-state index contributed by atoms with van der Waals surface area (Å²) in [4.78, 5) is 12.3. The Morgan fingerprint density at radius 2 is 1.80 bits per heavy atom. The van der Waals surface area contributed by atoms with Gasteiger partial charge < -0.3 is 0 Å². The first-order chi connectivity index (χ1) is 7.03. The minimum Gasteiger partial charge on any atom is -0.294 e. The Morgan fingerprint density at radius 3 is 2.33 bits per heavy atom. The van der Waals surface area contributed by atoms with Crippen molar-refractivity contribution in [2.75, 3.05) is 0 Å². The molecule has 0 spiro atoms. The quantitative estimate of drug-likeness (QED) is 0.680. The summed E-state index contributed by atoms with van der Waals surface area (Å²) in [6.07, 6.45) is 1.80. The highest BCUT2D eigenvalue weighted by atomic mass is 16.1. The van der Waals surface area contributed by atoms with Gasteiger partial charge >= 0.3 is 0 Å². The average Bonchev–Trinajstić information content (AvgIpc) is 2.28. The van der Waals surface area contributed by atoms with E-state index in [9.17, 15) is 4.79 Å². The van der Waals surface area contributed by atoms with Gasteiger partial charge in [-0.25, -0.2) is 0 Å². The van der Waals surface area contributed by atoms with E-state index in [0.717, 1.165) is 24.0 Å². The van der Waals surface area contributed by atoms with Crippen LogP contribution in [0.3, 0.4) is 0 Å². The van der Waals surface area contributed by atoms with Crippen LogP contribution < -0.4 is 0 Å².